The molecule has 106 valence electrons. The molecule has 1 aromatic rings. The van der Waals surface area contributed by atoms with Gasteiger partial charge in [0.05, 0.1) is 12.6 Å². The number of nitrogens with one attached hydrogen (secondary N) is 2. The molecule has 6 nitrogen and oxygen atoms in total. The normalized spacial score (nSPS) is 16.2. The van der Waals surface area contributed by atoms with Crippen molar-refractivity contribution in [3.63, 3.8) is 0 Å². The van der Waals surface area contributed by atoms with Gasteiger partial charge >= 0.3 is 0 Å². The third-order valence-electron chi connectivity index (χ3n) is 3.44. The van der Waals surface area contributed by atoms with Crippen molar-refractivity contribution in [3.05, 3.63) is 11.4 Å². The zero-order valence-corrected chi connectivity index (χ0v) is 11.9. The molecule has 1 fully saturated rings. The van der Waals surface area contributed by atoms with Crippen LogP contribution in [0.15, 0.2) is 0 Å². The summed E-state index contributed by atoms with van der Waals surface area (Å²) in [6.07, 6.45) is 3.31. The third kappa shape index (κ3) is 3.33. The average Bonchev–Trinajstić information content (AvgIpc) is 3.24. The van der Waals surface area contributed by atoms with Gasteiger partial charge in [0.25, 0.3) is 0 Å². The first-order valence-corrected chi connectivity index (χ1v) is 6.80. The fraction of sp³-hybridized carbons (Fsp3) is 0.692. The number of ether oxygens (including phenoxy) is 1. The third-order valence-corrected chi connectivity index (χ3v) is 3.44. The first-order valence-electron chi connectivity index (χ1n) is 6.80. The highest BCUT2D eigenvalue weighted by Crippen LogP contribution is 2.39. The SMILES string of the molecule is CCC(COC)Nc1nc(C2CC2)nc(NN)c1C. The van der Waals surface area contributed by atoms with Gasteiger partial charge in [-0.2, -0.15) is 0 Å². The van der Waals surface area contributed by atoms with Crippen molar-refractivity contribution in [3.8, 4) is 0 Å². The molecule has 0 amide bonds. The molecule has 1 heterocycles. The van der Waals surface area contributed by atoms with Gasteiger partial charge in [-0.15, -0.1) is 0 Å². The summed E-state index contributed by atoms with van der Waals surface area (Å²) in [7, 11) is 1.71. The van der Waals surface area contributed by atoms with E-state index in [0.29, 0.717) is 18.3 Å². The Morgan fingerprint density at radius 1 is 1.37 bits per heavy atom. The van der Waals surface area contributed by atoms with Gasteiger partial charge in [0.15, 0.2) is 0 Å². The Labute approximate surface area is 114 Å². The number of hydrogen-bond donors (Lipinski definition) is 3. The molecule has 0 aliphatic heterocycles. The minimum absolute atomic E-state index is 0.247. The lowest BCUT2D eigenvalue weighted by Gasteiger charge is -2.19. The predicted molar refractivity (Wildman–Crippen MR) is 76.1 cm³/mol. The zero-order chi connectivity index (χ0) is 13.8. The van der Waals surface area contributed by atoms with E-state index in [2.05, 4.69) is 27.6 Å². The summed E-state index contributed by atoms with van der Waals surface area (Å²) in [6, 6.07) is 0.247. The molecule has 0 saturated heterocycles. The molecule has 1 aromatic heterocycles. The molecule has 6 heteroatoms. The van der Waals surface area contributed by atoms with E-state index in [-0.39, 0.29) is 6.04 Å². The Morgan fingerprint density at radius 2 is 2.05 bits per heavy atom. The lowest BCUT2D eigenvalue weighted by molar-refractivity contribution is 0.184. The van der Waals surface area contributed by atoms with Crippen LogP contribution >= 0.6 is 0 Å². The Morgan fingerprint density at radius 3 is 2.58 bits per heavy atom. The van der Waals surface area contributed by atoms with Crippen molar-refractivity contribution in [2.75, 3.05) is 24.5 Å². The molecule has 0 aromatic carbocycles. The minimum atomic E-state index is 0.247. The predicted octanol–water partition coefficient (Wildman–Crippen LogP) is 1.78. The number of methoxy groups -OCH3 is 1. The number of hydrogen-bond acceptors (Lipinski definition) is 6. The van der Waals surface area contributed by atoms with Crippen molar-refractivity contribution >= 4 is 11.6 Å². The maximum Gasteiger partial charge on any atom is 0.148 e. The number of nitrogens with zero attached hydrogens (tertiary/aromatic N) is 2. The van der Waals surface area contributed by atoms with Crippen LogP contribution in [-0.4, -0.2) is 29.7 Å². The number of nitrogens with two attached hydrogens (primary N) is 1. The van der Waals surface area contributed by atoms with E-state index in [1.165, 1.54) is 12.8 Å². The summed E-state index contributed by atoms with van der Waals surface area (Å²) in [5.41, 5.74) is 3.61. The van der Waals surface area contributed by atoms with Crippen LogP contribution in [0.5, 0.6) is 0 Å². The molecule has 1 unspecified atom stereocenters. The van der Waals surface area contributed by atoms with Crippen LogP contribution in [0.3, 0.4) is 0 Å². The summed E-state index contributed by atoms with van der Waals surface area (Å²) in [6.45, 7) is 4.74. The fourth-order valence-corrected chi connectivity index (χ4v) is 2.00. The van der Waals surface area contributed by atoms with E-state index in [0.717, 1.165) is 23.6 Å². The maximum atomic E-state index is 5.54. The Balaban J connectivity index is 2.24. The van der Waals surface area contributed by atoms with Crippen LogP contribution in [0.25, 0.3) is 0 Å². The highest BCUT2D eigenvalue weighted by molar-refractivity contribution is 5.57. The molecule has 0 spiro atoms. The second kappa shape index (κ2) is 6.16. The summed E-state index contributed by atoms with van der Waals surface area (Å²) in [4.78, 5) is 9.11. The van der Waals surface area contributed by atoms with Crippen LogP contribution in [0.1, 0.15) is 43.5 Å². The maximum absolute atomic E-state index is 5.54. The van der Waals surface area contributed by atoms with E-state index in [1.807, 2.05) is 6.92 Å². The van der Waals surface area contributed by atoms with Crippen molar-refractivity contribution < 1.29 is 4.74 Å². The molecule has 0 radical (unpaired) electrons. The van der Waals surface area contributed by atoms with E-state index < -0.39 is 0 Å². The molecule has 1 saturated carbocycles. The summed E-state index contributed by atoms with van der Waals surface area (Å²) in [5.74, 6) is 8.47. The van der Waals surface area contributed by atoms with E-state index in [4.69, 9.17) is 10.6 Å². The highest BCUT2D eigenvalue weighted by atomic mass is 16.5. The standard InChI is InChI=1S/C13H23N5O/c1-4-10(7-19-3)15-11-8(2)12(18-14)17-13(16-11)9-5-6-9/h9-10H,4-7,14H2,1-3H3,(H2,15,16,17,18). The molecule has 1 aliphatic carbocycles. The molecule has 4 N–H and O–H groups in total. The molecule has 1 aliphatic rings. The largest absolute Gasteiger partial charge is 0.383 e. The number of aromatic nitrogens is 2. The van der Waals surface area contributed by atoms with Gasteiger partial charge in [-0.1, -0.05) is 6.92 Å². The van der Waals surface area contributed by atoms with Crippen LogP contribution in [-0.2, 0) is 4.74 Å². The van der Waals surface area contributed by atoms with Gasteiger partial charge in [-0.25, -0.2) is 15.8 Å². The van der Waals surface area contributed by atoms with Gasteiger partial charge in [0.2, 0.25) is 0 Å². The lowest BCUT2D eigenvalue weighted by Crippen LogP contribution is -2.26. The quantitative estimate of drug-likeness (QED) is 0.515. The van der Waals surface area contributed by atoms with Crippen molar-refractivity contribution in [2.24, 2.45) is 5.84 Å². The number of rotatable bonds is 7. The molecule has 1 atom stereocenters. The van der Waals surface area contributed by atoms with Crippen LogP contribution in [0, 0.1) is 6.92 Å². The number of hydrazine groups is 1. The van der Waals surface area contributed by atoms with Crippen molar-refractivity contribution in [1.29, 1.82) is 0 Å². The summed E-state index contributed by atoms with van der Waals surface area (Å²) in [5, 5.41) is 3.42. The zero-order valence-electron chi connectivity index (χ0n) is 11.9. The molecule has 0 bridgehead atoms. The summed E-state index contributed by atoms with van der Waals surface area (Å²) >= 11 is 0. The molecule has 19 heavy (non-hydrogen) atoms. The van der Waals surface area contributed by atoms with Gasteiger partial charge in [0.1, 0.15) is 17.5 Å². The Bertz CT molecular complexity index is 433. The fourth-order valence-electron chi connectivity index (χ4n) is 2.00. The van der Waals surface area contributed by atoms with E-state index in [9.17, 15) is 0 Å². The topological polar surface area (TPSA) is 85.1 Å². The Hall–Kier alpha value is -1.40. The lowest BCUT2D eigenvalue weighted by atomic mass is 10.2. The monoisotopic (exact) mass is 265 g/mol. The average molecular weight is 265 g/mol. The highest BCUT2D eigenvalue weighted by Gasteiger charge is 2.28. The van der Waals surface area contributed by atoms with Gasteiger partial charge < -0.3 is 15.5 Å². The number of nitrogen functional groups attached to an aromatic ring is 1. The van der Waals surface area contributed by atoms with Crippen LogP contribution in [0.2, 0.25) is 0 Å². The second-order valence-corrected chi connectivity index (χ2v) is 5.03. The van der Waals surface area contributed by atoms with Gasteiger partial charge in [0, 0.05) is 18.6 Å². The molecule has 2 rings (SSSR count). The van der Waals surface area contributed by atoms with Gasteiger partial charge in [-0.3, -0.25) is 0 Å². The van der Waals surface area contributed by atoms with Crippen LogP contribution < -0.4 is 16.6 Å². The van der Waals surface area contributed by atoms with Crippen LogP contribution in [0.4, 0.5) is 11.6 Å². The van der Waals surface area contributed by atoms with Crippen molar-refractivity contribution in [2.45, 2.75) is 45.1 Å². The first-order chi connectivity index (χ1) is 9.19. The van der Waals surface area contributed by atoms with E-state index >= 15 is 0 Å². The van der Waals surface area contributed by atoms with E-state index in [1.54, 1.807) is 7.11 Å². The summed E-state index contributed by atoms with van der Waals surface area (Å²) < 4.78 is 5.21. The van der Waals surface area contributed by atoms with Crippen molar-refractivity contribution in [1.82, 2.24) is 9.97 Å². The smallest absolute Gasteiger partial charge is 0.148 e. The minimum Gasteiger partial charge on any atom is -0.383 e. The number of anilines is 2. The Kier molecular flexibility index (Phi) is 4.55. The first kappa shape index (κ1) is 14.0. The molecular weight excluding hydrogens is 242 g/mol. The molecular formula is C13H23N5O. The van der Waals surface area contributed by atoms with Gasteiger partial charge in [-0.05, 0) is 26.2 Å². The second-order valence-electron chi connectivity index (χ2n) is 5.03.